The molecule has 1 saturated heterocycles. The summed E-state index contributed by atoms with van der Waals surface area (Å²) in [7, 11) is 0. The van der Waals surface area contributed by atoms with E-state index < -0.39 is 0 Å². The molecule has 2 amide bonds. The minimum Gasteiger partial charge on any atom is -0.339 e. The smallest absolute Gasteiger partial charge is 0.229 e. The number of rotatable bonds is 4. The molecule has 2 atom stereocenters. The molecule has 4 nitrogen and oxygen atoms in total. The second-order valence-electron chi connectivity index (χ2n) is 5.65. The van der Waals surface area contributed by atoms with E-state index in [2.05, 4.69) is 5.32 Å². The van der Waals surface area contributed by atoms with Crippen molar-refractivity contribution in [1.29, 1.82) is 0 Å². The van der Waals surface area contributed by atoms with Gasteiger partial charge in [-0.3, -0.25) is 9.59 Å². The Morgan fingerprint density at radius 1 is 1.52 bits per heavy atom. The lowest BCUT2D eigenvalue weighted by Crippen LogP contribution is -2.35. The molecular weight excluding hydrogens is 288 g/mol. The maximum absolute atomic E-state index is 12.3. The molecular formula is C16H21ClN2O2. The number of anilines is 1. The summed E-state index contributed by atoms with van der Waals surface area (Å²) in [6.45, 7) is 6.46. The molecule has 1 heterocycles. The zero-order valence-corrected chi connectivity index (χ0v) is 13.4. The number of benzene rings is 1. The molecule has 5 heteroatoms. The summed E-state index contributed by atoms with van der Waals surface area (Å²) in [5, 5.41) is 3.54. The van der Waals surface area contributed by atoms with E-state index in [-0.39, 0.29) is 23.8 Å². The molecule has 0 saturated carbocycles. The van der Waals surface area contributed by atoms with Crippen LogP contribution in [0, 0.1) is 12.8 Å². The Hall–Kier alpha value is -1.55. The lowest BCUT2D eigenvalue weighted by molar-refractivity contribution is -0.129. The van der Waals surface area contributed by atoms with Crippen molar-refractivity contribution in [1.82, 2.24) is 4.90 Å². The molecule has 1 N–H and O–H groups in total. The first kappa shape index (κ1) is 15.8. The van der Waals surface area contributed by atoms with Gasteiger partial charge >= 0.3 is 0 Å². The Bertz CT molecular complexity index is 559. The first-order valence-electron chi connectivity index (χ1n) is 7.28. The number of nitrogens with one attached hydrogen (secondary N) is 1. The van der Waals surface area contributed by atoms with E-state index in [1.165, 1.54) is 0 Å². The third-order valence-electron chi connectivity index (χ3n) is 4.10. The van der Waals surface area contributed by atoms with Gasteiger partial charge in [-0.05, 0) is 44.0 Å². The molecule has 1 aliphatic heterocycles. The first-order valence-corrected chi connectivity index (χ1v) is 7.66. The van der Waals surface area contributed by atoms with Gasteiger partial charge < -0.3 is 10.2 Å². The van der Waals surface area contributed by atoms with E-state index in [4.69, 9.17) is 11.6 Å². The lowest BCUT2D eigenvalue weighted by Gasteiger charge is -2.23. The highest BCUT2D eigenvalue weighted by atomic mass is 35.5. The molecule has 1 fully saturated rings. The van der Waals surface area contributed by atoms with Crippen LogP contribution in [-0.2, 0) is 9.59 Å². The van der Waals surface area contributed by atoms with Gasteiger partial charge in [-0.1, -0.05) is 18.5 Å². The second-order valence-corrected chi connectivity index (χ2v) is 6.09. The van der Waals surface area contributed by atoms with Crippen LogP contribution < -0.4 is 5.32 Å². The highest BCUT2D eigenvalue weighted by Crippen LogP contribution is 2.25. The molecule has 114 valence electrons. The summed E-state index contributed by atoms with van der Waals surface area (Å²) in [6.07, 6.45) is 1.19. The summed E-state index contributed by atoms with van der Waals surface area (Å²) in [4.78, 5) is 26.1. The fraction of sp³-hybridized carbons (Fsp3) is 0.500. The van der Waals surface area contributed by atoms with Crippen LogP contribution in [0.15, 0.2) is 18.2 Å². The van der Waals surface area contributed by atoms with Gasteiger partial charge in [-0.2, -0.15) is 0 Å². The number of carbonyl (C=O) groups is 2. The van der Waals surface area contributed by atoms with E-state index >= 15 is 0 Å². The standard InChI is InChI=1S/C16H21ClN2O2/c1-4-11(3)19-9-12(8-15(19)20)16(21)18-14-6-5-13(17)7-10(14)2/h5-7,11-12H,4,8-9H2,1-3H3,(H,18,21). The van der Waals surface area contributed by atoms with Crippen molar-refractivity contribution in [3.63, 3.8) is 0 Å². The number of halogens is 1. The van der Waals surface area contributed by atoms with Crippen molar-refractivity contribution in [2.24, 2.45) is 5.92 Å². The molecule has 21 heavy (non-hydrogen) atoms. The zero-order chi connectivity index (χ0) is 15.6. The van der Waals surface area contributed by atoms with Crippen LogP contribution in [0.5, 0.6) is 0 Å². The van der Waals surface area contributed by atoms with Crippen molar-refractivity contribution in [3.05, 3.63) is 28.8 Å². The van der Waals surface area contributed by atoms with E-state index in [1.807, 2.05) is 26.8 Å². The van der Waals surface area contributed by atoms with E-state index in [9.17, 15) is 9.59 Å². The van der Waals surface area contributed by atoms with Crippen LogP contribution in [0.25, 0.3) is 0 Å². The van der Waals surface area contributed by atoms with Gasteiger partial charge in [0.2, 0.25) is 11.8 Å². The fourth-order valence-electron chi connectivity index (χ4n) is 2.56. The SMILES string of the molecule is CCC(C)N1CC(C(=O)Nc2ccc(Cl)cc2C)CC1=O. The van der Waals surface area contributed by atoms with Crippen LogP contribution in [-0.4, -0.2) is 29.3 Å². The summed E-state index contributed by atoms with van der Waals surface area (Å²) in [6, 6.07) is 5.53. The minimum absolute atomic E-state index is 0.0670. The third-order valence-corrected chi connectivity index (χ3v) is 4.33. The highest BCUT2D eigenvalue weighted by Gasteiger charge is 2.36. The molecule has 0 bridgehead atoms. The van der Waals surface area contributed by atoms with E-state index in [1.54, 1.807) is 17.0 Å². The highest BCUT2D eigenvalue weighted by molar-refractivity contribution is 6.30. The molecule has 1 aromatic rings. The summed E-state index contributed by atoms with van der Waals surface area (Å²) < 4.78 is 0. The Morgan fingerprint density at radius 3 is 2.86 bits per heavy atom. The quantitative estimate of drug-likeness (QED) is 0.928. The Morgan fingerprint density at radius 2 is 2.24 bits per heavy atom. The van der Waals surface area contributed by atoms with Crippen LogP contribution in [0.3, 0.4) is 0 Å². The zero-order valence-electron chi connectivity index (χ0n) is 12.6. The maximum atomic E-state index is 12.3. The largest absolute Gasteiger partial charge is 0.339 e. The van der Waals surface area contributed by atoms with Crippen molar-refractivity contribution >= 4 is 29.1 Å². The lowest BCUT2D eigenvalue weighted by atomic mass is 10.1. The average molecular weight is 309 g/mol. The normalized spacial score (nSPS) is 19.7. The number of aryl methyl sites for hydroxylation is 1. The maximum Gasteiger partial charge on any atom is 0.229 e. The van der Waals surface area contributed by atoms with Crippen LogP contribution >= 0.6 is 11.6 Å². The monoisotopic (exact) mass is 308 g/mol. The Labute approximate surface area is 130 Å². The molecule has 1 aromatic carbocycles. The molecule has 0 aliphatic carbocycles. The van der Waals surface area contributed by atoms with Crippen molar-refractivity contribution in [2.75, 3.05) is 11.9 Å². The predicted octanol–water partition coefficient (Wildman–Crippen LogP) is 3.23. The molecule has 0 radical (unpaired) electrons. The molecule has 1 aliphatic rings. The number of nitrogens with zero attached hydrogens (tertiary/aromatic N) is 1. The van der Waals surface area contributed by atoms with Gasteiger partial charge in [0, 0.05) is 29.7 Å². The Kier molecular flexibility index (Phi) is 4.88. The van der Waals surface area contributed by atoms with E-state index in [0.29, 0.717) is 18.0 Å². The van der Waals surface area contributed by atoms with Gasteiger partial charge in [0.1, 0.15) is 0 Å². The van der Waals surface area contributed by atoms with Crippen LogP contribution in [0.4, 0.5) is 5.69 Å². The van der Waals surface area contributed by atoms with Crippen LogP contribution in [0.2, 0.25) is 5.02 Å². The molecule has 2 rings (SSSR count). The predicted molar refractivity (Wildman–Crippen MR) is 84.4 cm³/mol. The van der Waals surface area contributed by atoms with Crippen molar-refractivity contribution < 1.29 is 9.59 Å². The van der Waals surface area contributed by atoms with Gasteiger partial charge in [-0.15, -0.1) is 0 Å². The molecule has 0 aromatic heterocycles. The van der Waals surface area contributed by atoms with Gasteiger partial charge in [0.25, 0.3) is 0 Å². The van der Waals surface area contributed by atoms with Gasteiger partial charge in [-0.25, -0.2) is 0 Å². The van der Waals surface area contributed by atoms with Crippen LogP contribution in [0.1, 0.15) is 32.3 Å². The van der Waals surface area contributed by atoms with Crippen molar-refractivity contribution in [2.45, 2.75) is 39.7 Å². The number of hydrogen-bond acceptors (Lipinski definition) is 2. The minimum atomic E-state index is -0.276. The van der Waals surface area contributed by atoms with Crippen molar-refractivity contribution in [3.8, 4) is 0 Å². The Balaban J connectivity index is 2.03. The first-order chi connectivity index (χ1) is 9.92. The van der Waals surface area contributed by atoms with E-state index in [0.717, 1.165) is 17.7 Å². The summed E-state index contributed by atoms with van der Waals surface area (Å²) >= 11 is 5.91. The molecule has 0 spiro atoms. The third kappa shape index (κ3) is 3.56. The summed E-state index contributed by atoms with van der Waals surface area (Å²) in [5.74, 6) is -0.307. The number of likely N-dealkylation sites (tertiary alicyclic amines) is 1. The number of amides is 2. The average Bonchev–Trinajstić information content (AvgIpc) is 2.83. The fourth-order valence-corrected chi connectivity index (χ4v) is 2.78. The topological polar surface area (TPSA) is 49.4 Å². The van der Waals surface area contributed by atoms with Gasteiger partial charge in [0.15, 0.2) is 0 Å². The molecule has 2 unspecified atom stereocenters. The summed E-state index contributed by atoms with van der Waals surface area (Å²) in [5.41, 5.74) is 1.66. The van der Waals surface area contributed by atoms with Gasteiger partial charge in [0.05, 0.1) is 5.92 Å². The second kappa shape index (κ2) is 6.48. The number of carbonyl (C=O) groups excluding carboxylic acids is 2. The number of hydrogen-bond donors (Lipinski definition) is 1.